The lowest BCUT2D eigenvalue weighted by Gasteiger charge is -2.04. The highest BCUT2D eigenvalue weighted by Gasteiger charge is 2.09. The number of aromatic nitrogens is 4. The van der Waals surface area contributed by atoms with Crippen molar-refractivity contribution in [3.05, 3.63) is 29.3 Å². The predicted molar refractivity (Wildman–Crippen MR) is 71.3 cm³/mol. The Hall–Kier alpha value is -1.27. The van der Waals surface area contributed by atoms with Crippen LogP contribution in [0.25, 0.3) is 0 Å². The van der Waals surface area contributed by atoms with Gasteiger partial charge in [-0.05, 0) is 12.5 Å². The van der Waals surface area contributed by atoms with Crippen molar-refractivity contribution < 1.29 is 5.11 Å². The Bertz CT molecular complexity index is 530. The van der Waals surface area contributed by atoms with Crippen LogP contribution in [-0.4, -0.2) is 24.4 Å². The highest BCUT2D eigenvalue weighted by molar-refractivity contribution is 7.98. The van der Waals surface area contributed by atoms with Crippen molar-refractivity contribution in [2.45, 2.75) is 30.9 Å². The molecule has 0 radical (unpaired) electrons. The minimum absolute atomic E-state index is 0.0236. The first kappa shape index (κ1) is 13.2. The Kier molecular flexibility index (Phi) is 4.08. The molecule has 0 unspecified atom stereocenters. The monoisotopic (exact) mass is 266 g/mol. The van der Waals surface area contributed by atoms with Gasteiger partial charge in [0, 0.05) is 25.5 Å². The summed E-state index contributed by atoms with van der Waals surface area (Å²) in [6.45, 7) is 2.13. The number of thioether (sulfide) groups is 1. The van der Waals surface area contributed by atoms with E-state index in [1.165, 1.54) is 5.69 Å². The van der Waals surface area contributed by atoms with Crippen LogP contribution in [0.5, 0.6) is 0 Å². The summed E-state index contributed by atoms with van der Waals surface area (Å²) >= 11 is 1.65. The topological polar surface area (TPSA) is 55.9 Å². The van der Waals surface area contributed by atoms with Crippen LogP contribution in [0.1, 0.15) is 24.0 Å². The Morgan fingerprint density at radius 3 is 2.67 bits per heavy atom. The number of aryl methyl sites for hydroxylation is 2. The van der Waals surface area contributed by atoms with E-state index in [0.29, 0.717) is 0 Å². The molecule has 0 atom stereocenters. The lowest BCUT2D eigenvalue weighted by Crippen LogP contribution is -1.99. The van der Waals surface area contributed by atoms with Crippen LogP contribution in [0.3, 0.4) is 0 Å². The fourth-order valence-corrected chi connectivity index (χ4v) is 2.71. The summed E-state index contributed by atoms with van der Waals surface area (Å²) in [5.41, 5.74) is 3.13. The zero-order chi connectivity index (χ0) is 13.1. The smallest absolute Gasteiger partial charge is 0.168 e. The molecule has 0 bridgehead atoms. The van der Waals surface area contributed by atoms with E-state index in [-0.39, 0.29) is 6.61 Å². The maximum atomic E-state index is 9.11. The standard InChI is InChI=1S/C12H18N4OS/c1-4-9-5-10(16(3)14-9)8-18-12-13-6-11(7-17)15(12)2/h5-6,17H,4,7-8H2,1-3H3. The minimum Gasteiger partial charge on any atom is -0.390 e. The molecule has 2 heterocycles. The van der Waals surface area contributed by atoms with Gasteiger partial charge in [-0.1, -0.05) is 18.7 Å². The molecule has 0 spiro atoms. The fraction of sp³-hybridized carbons (Fsp3) is 0.500. The molecule has 0 aliphatic rings. The number of hydrogen-bond donors (Lipinski definition) is 1. The summed E-state index contributed by atoms with van der Waals surface area (Å²) in [5, 5.41) is 14.4. The van der Waals surface area contributed by atoms with E-state index >= 15 is 0 Å². The first-order valence-corrected chi connectivity index (χ1v) is 6.90. The molecule has 18 heavy (non-hydrogen) atoms. The molecule has 0 aliphatic carbocycles. The van der Waals surface area contributed by atoms with Crippen molar-refractivity contribution in [2.24, 2.45) is 14.1 Å². The molecule has 5 nitrogen and oxygen atoms in total. The number of rotatable bonds is 5. The van der Waals surface area contributed by atoms with Gasteiger partial charge in [-0.2, -0.15) is 5.10 Å². The third-order valence-corrected chi connectivity index (χ3v) is 4.02. The predicted octanol–water partition coefficient (Wildman–Crippen LogP) is 1.50. The Morgan fingerprint density at radius 2 is 2.11 bits per heavy atom. The van der Waals surface area contributed by atoms with Crippen LogP contribution < -0.4 is 0 Å². The average Bonchev–Trinajstić information content (AvgIpc) is 2.90. The summed E-state index contributed by atoms with van der Waals surface area (Å²) in [6.07, 6.45) is 2.67. The number of imidazole rings is 1. The normalized spacial score (nSPS) is 11.1. The van der Waals surface area contributed by atoms with E-state index in [9.17, 15) is 0 Å². The Morgan fingerprint density at radius 1 is 1.33 bits per heavy atom. The lowest BCUT2D eigenvalue weighted by molar-refractivity contribution is 0.271. The molecule has 0 aliphatic heterocycles. The largest absolute Gasteiger partial charge is 0.390 e. The highest BCUT2D eigenvalue weighted by Crippen LogP contribution is 2.22. The van der Waals surface area contributed by atoms with Gasteiger partial charge in [-0.15, -0.1) is 0 Å². The lowest BCUT2D eigenvalue weighted by atomic mass is 10.3. The maximum absolute atomic E-state index is 9.11. The fourth-order valence-electron chi connectivity index (χ4n) is 1.72. The van der Waals surface area contributed by atoms with Crippen LogP contribution in [0, 0.1) is 0 Å². The van der Waals surface area contributed by atoms with Crippen LogP contribution >= 0.6 is 11.8 Å². The van der Waals surface area contributed by atoms with Crippen molar-refractivity contribution in [2.75, 3.05) is 0 Å². The van der Waals surface area contributed by atoms with Crippen LogP contribution in [0.15, 0.2) is 17.4 Å². The van der Waals surface area contributed by atoms with Gasteiger partial charge in [-0.25, -0.2) is 4.98 Å². The molecule has 0 saturated carbocycles. The summed E-state index contributed by atoms with van der Waals surface area (Å²) in [6, 6.07) is 2.13. The molecule has 0 amide bonds. The Balaban J connectivity index is 2.06. The van der Waals surface area contributed by atoms with Crippen molar-refractivity contribution >= 4 is 11.8 Å². The van der Waals surface area contributed by atoms with Crippen LogP contribution in [0.4, 0.5) is 0 Å². The van der Waals surface area contributed by atoms with Gasteiger partial charge in [0.25, 0.3) is 0 Å². The van der Waals surface area contributed by atoms with E-state index in [0.717, 1.165) is 28.7 Å². The van der Waals surface area contributed by atoms with E-state index < -0.39 is 0 Å². The zero-order valence-corrected chi connectivity index (χ0v) is 11.7. The summed E-state index contributed by atoms with van der Waals surface area (Å²) in [7, 11) is 3.88. The molecule has 2 aromatic rings. The third-order valence-electron chi connectivity index (χ3n) is 2.94. The molecule has 2 rings (SSSR count). The molecular formula is C12H18N4OS. The second kappa shape index (κ2) is 5.58. The highest BCUT2D eigenvalue weighted by atomic mass is 32.2. The molecule has 1 N–H and O–H groups in total. The summed E-state index contributed by atoms with van der Waals surface area (Å²) in [5.74, 6) is 0.833. The molecule has 0 aromatic carbocycles. The van der Waals surface area contributed by atoms with Crippen molar-refractivity contribution in [3.8, 4) is 0 Å². The molecular weight excluding hydrogens is 248 g/mol. The maximum Gasteiger partial charge on any atom is 0.168 e. The number of hydrogen-bond acceptors (Lipinski definition) is 4. The Labute approximate surface area is 111 Å². The van der Waals surface area contributed by atoms with E-state index in [4.69, 9.17) is 5.11 Å². The van der Waals surface area contributed by atoms with Gasteiger partial charge >= 0.3 is 0 Å². The SMILES string of the molecule is CCc1cc(CSc2ncc(CO)n2C)n(C)n1. The first-order valence-electron chi connectivity index (χ1n) is 5.91. The van der Waals surface area contributed by atoms with Crippen molar-refractivity contribution in [1.29, 1.82) is 0 Å². The van der Waals surface area contributed by atoms with E-state index in [1.807, 2.05) is 23.3 Å². The summed E-state index contributed by atoms with van der Waals surface area (Å²) < 4.78 is 3.84. The quantitative estimate of drug-likeness (QED) is 0.833. The zero-order valence-electron chi connectivity index (χ0n) is 10.9. The van der Waals surface area contributed by atoms with Crippen molar-refractivity contribution in [3.63, 3.8) is 0 Å². The summed E-state index contributed by atoms with van der Waals surface area (Å²) in [4.78, 5) is 4.29. The molecule has 2 aromatic heterocycles. The van der Waals surface area contributed by atoms with Gasteiger partial charge in [-0.3, -0.25) is 4.68 Å². The van der Waals surface area contributed by atoms with Crippen LogP contribution in [-0.2, 0) is 32.9 Å². The molecule has 98 valence electrons. The third kappa shape index (κ3) is 2.59. The molecule has 6 heteroatoms. The number of aliphatic hydroxyl groups excluding tert-OH is 1. The number of aliphatic hydroxyl groups is 1. The van der Waals surface area contributed by atoms with E-state index in [1.54, 1.807) is 18.0 Å². The van der Waals surface area contributed by atoms with Gasteiger partial charge in [0.05, 0.1) is 24.2 Å². The van der Waals surface area contributed by atoms with Gasteiger partial charge in [0.1, 0.15) is 0 Å². The second-order valence-electron chi connectivity index (χ2n) is 4.14. The first-order chi connectivity index (χ1) is 8.65. The minimum atomic E-state index is 0.0236. The van der Waals surface area contributed by atoms with Crippen LogP contribution in [0.2, 0.25) is 0 Å². The van der Waals surface area contributed by atoms with Gasteiger partial charge < -0.3 is 9.67 Å². The van der Waals surface area contributed by atoms with Gasteiger partial charge in [0.15, 0.2) is 5.16 Å². The second-order valence-corrected chi connectivity index (χ2v) is 5.08. The number of nitrogens with zero attached hydrogens (tertiary/aromatic N) is 4. The van der Waals surface area contributed by atoms with E-state index in [2.05, 4.69) is 23.1 Å². The molecule has 0 fully saturated rings. The van der Waals surface area contributed by atoms with Gasteiger partial charge in [0.2, 0.25) is 0 Å². The molecule has 0 saturated heterocycles. The average molecular weight is 266 g/mol. The van der Waals surface area contributed by atoms with Crippen molar-refractivity contribution in [1.82, 2.24) is 19.3 Å².